The molecule has 0 nitrogen and oxygen atoms in total. The van der Waals surface area contributed by atoms with Crippen LogP contribution in [0.2, 0.25) is 0 Å². The maximum Gasteiger partial charge on any atom is -0.0195 e. The van der Waals surface area contributed by atoms with Crippen molar-refractivity contribution in [2.75, 3.05) is 24.6 Å². The molecule has 0 heterocycles. The van der Waals surface area contributed by atoms with Crippen molar-refractivity contribution in [3.05, 3.63) is 243 Å². The summed E-state index contributed by atoms with van der Waals surface area (Å²) < 4.78 is 0. The first-order valence-corrected chi connectivity index (χ1v) is 26.9. The zero-order valence-electron chi connectivity index (χ0n) is 33.8. The minimum absolute atomic E-state index is 0.283. The van der Waals surface area contributed by atoms with Crippen LogP contribution in [0.15, 0.2) is 243 Å². The molecule has 8 aromatic carbocycles. The summed E-state index contributed by atoms with van der Waals surface area (Å²) >= 11 is 0. The number of hydrogen-bond donors (Lipinski definition) is 0. The highest BCUT2D eigenvalue weighted by atomic mass is 31.1. The van der Waals surface area contributed by atoms with Crippen molar-refractivity contribution in [1.82, 2.24) is 0 Å². The van der Waals surface area contributed by atoms with Crippen molar-refractivity contribution in [1.29, 1.82) is 0 Å². The largest absolute Gasteiger partial charge is 0.0622 e. The van der Waals surface area contributed by atoms with Gasteiger partial charge in [0.05, 0.1) is 0 Å². The lowest BCUT2D eigenvalue weighted by molar-refractivity contribution is 0.902. The minimum Gasteiger partial charge on any atom is -0.0622 e. The Kier molecular flexibility index (Phi) is 17.3. The second-order valence-electron chi connectivity index (χ2n) is 14.4. The summed E-state index contributed by atoms with van der Waals surface area (Å²) in [5.41, 5.74) is 0. The topological polar surface area (TPSA) is 0 Å². The van der Waals surface area contributed by atoms with E-state index in [1.54, 1.807) is 0 Å². The molecule has 0 saturated carbocycles. The highest BCUT2D eigenvalue weighted by molar-refractivity contribution is 7.74. The molecule has 0 spiro atoms. The van der Waals surface area contributed by atoms with Crippen LogP contribution in [0.1, 0.15) is 19.3 Å². The van der Waals surface area contributed by atoms with Gasteiger partial charge in [-0.1, -0.05) is 243 Å². The Balaban J connectivity index is 0.000000179. The van der Waals surface area contributed by atoms with Crippen molar-refractivity contribution in [2.45, 2.75) is 19.3 Å². The van der Waals surface area contributed by atoms with Gasteiger partial charge in [-0.25, -0.2) is 0 Å². The van der Waals surface area contributed by atoms with E-state index in [4.69, 9.17) is 0 Å². The molecule has 0 fully saturated rings. The molecular weight excluding hydrogens is 785 g/mol. The van der Waals surface area contributed by atoms with E-state index in [1.807, 2.05) is 0 Å². The van der Waals surface area contributed by atoms with Gasteiger partial charge in [-0.3, -0.25) is 0 Å². The van der Waals surface area contributed by atoms with Crippen molar-refractivity contribution in [2.24, 2.45) is 0 Å². The van der Waals surface area contributed by atoms with Crippen LogP contribution in [0.3, 0.4) is 0 Å². The van der Waals surface area contributed by atoms with Gasteiger partial charge in [0.1, 0.15) is 0 Å². The first-order valence-electron chi connectivity index (χ1n) is 20.8. The van der Waals surface area contributed by atoms with E-state index < -0.39 is 0 Å². The van der Waals surface area contributed by atoms with E-state index in [1.165, 1.54) is 86.3 Å². The molecular formula is C55H54P4. The molecule has 0 amide bonds. The zero-order chi connectivity index (χ0) is 40.2. The van der Waals surface area contributed by atoms with E-state index in [0.717, 1.165) is 0 Å². The molecule has 0 aromatic heterocycles. The van der Waals surface area contributed by atoms with Crippen LogP contribution in [0.4, 0.5) is 0 Å². The lowest BCUT2D eigenvalue weighted by Gasteiger charge is -2.22. The molecule has 0 atom stereocenters. The summed E-state index contributed by atoms with van der Waals surface area (Å²) in [6.07, 6.45) is 8.78. The minimum atomic E-state index is -0.309. The van der Waals surface area contributed by atoms with E-state index in [9.17, 15) is 0 Å². The van der Waals surface area contributed by atoms with Crippen LogP contribution >= 0.6 is 31.7 Å². The Labute approximate surface area is 358 Å². The maximum absolute atomic E-state index is 2.31. The molecule has 294 valence electrons. The number of rotatable bonds is 17. The fourth-order valence-corrected chi connectivity index (χ4v) is 17.2. The molecule has 0 aliphatic carbocycles. The average molecular weight is 839 g/mol. The maximum atomic E-state index is 2.31. The lowest BCUT2D eigenvalue weighted by atomic mass is 10.4. The van der Waals surface area contributed by atoms with E-state index in [2.05, 4.69) is 243 Å². The highest BCUT2D eigenvalue weighted by Crippen LogP contribution is 2.40. The molecule has 8 rings (SSSR count). The highest BCUT2D eigenvalue weighted by Gasteiger charge is 2.18. The van der Waals surface area contributed by atoms with Gasteiger partial charge in [-0.05, 0) is 118 Å². The second kappa shape index (κ2) is 23.9. The van der Waals surface area contributed by atoms with Crippen molar-refractivity contribution in [3.8, 4) is 0 Å². The number of hydrogen-bond acceptors (Lipinski definition) is 0. The molecule has 0 aliphatic rings. The SMILES string of the molecule is c1ccc(P(CCCCP(c2ccccc2)c2ccccc2)c2ccccc2)cc1.c1ccc(P(CCCP(c2ccccc2)c2ccccc2)c2ccccc2)cc1. The van der Waals surface area contributed by atoms with Gasteiger partial charge >= 0.3 is 0 Å². The molecule has 0 aliphatic heterocycles. The average Bonchev–Trinajstić information content (AvgIpc) is 3.33. The van der Waals surface area contributed by atoms with Crippen molar-refractivity contribution >= 4 is 74.1 Å². The Hall–Kier alpha value is -4.52. The third kappa shape index (κ3) is 13.0. The number of unbranched alkanes of at least 4 members (excludes halogenated alkanes) is 1. The predicted octanol–water partition coefficient (Wildman–Crippen LogP) is 11.7. The van der Waals surface area contributed by atoms with Crippen LogP contribution < -0.4 is 42.4 Å². The normalized spacial score (nSPS) is 11.1. The molecule has 59 heavy (non-hydrogen) atoms. The summed E-state index contributed by atoms with van der Waals surface area (Å²) in [7, 11) is -1.18. The van der Waals surface area contributed by atoms with Gasteiger partial charge in [-0.2, -0.15) is 0 Å². The Morgan fingerprint density at radius 1 is 0.169 bits per heavy atom. The predicted molar refractivity (Wildman–Crippen MR) is 270 cm³/mol. The third-order valence-corrected chi connectivity index (χ3v) is 20.7. The molecule has 0 unspecified atom stereocenters. The third-order valence-electron chi connectivity index (χ3n) is 10.3. The van der Waals surface area contributed by atoms with Crippen LogP contribution in [0.5, 0.6) is 0 Å². The van der Waals surface area contributed by atoms with Crippen LogP contribution in [-0.2, 0) is 0 Å². The van der Waals surface area contributed by atoms with Gasteiger partial charge in [0.2, 0.25) is 0 Å². The standard InChI is InChI=1S/C28H28P2.C27H26P2/c1-5-15-25(16-6-1)29(26-17-7-2-8-18-26)23-13-14-24-30(27-19-9-3-10-20-27)28-21-11-4-12-22-28;1-5-14-24(15-6-1)28(25-16-7-2-8-17-25)22-13-23-29(26-18-9-3-10-19-26)27-20-11-4-12-21-27/h1-12,15-22H,13-14,23-24H2;1-12,14-21H,13,22-23H2. The van der Waals surface area contributed by atoms with Crippen molar-refractivity contribution in [3.63, 3.8) is 0 Å². The molecule has 0 N–H and O–H groups in total. The van der Waals surface area contributed by atoms with Gasteiger partial charge in [0.15, 0.2) is 0 Å². The molecule has 0 saturated heterocycles. The molecule has 4 heteroatoms. The molecule has 0 radical (unpaired) electrons. The van der Waals surface area contributed by atoms with Gasteiger partial charge in [0, 0.05) is 0 Å². The smallest absolute Gasteiger partial charge is 0.0195 e. The number of benzene rings is 8. The Morgan fingerprint density at radius 3 is 0.458 bits per heavy atom. The first kappa shape index (κ1) is 42.6. The summed E-state index contributed by atoms with van der Waals surface area (Å²) in [5.74, 6) is 0. The molecule has 0 bridgehead atoms. The van der Waals surface area contributed by atoms with Gasteiger partial charge in [0.25, 0.3) is 0 Å². The summed E-state index contributed by atoms with van der Waals surface area (Å²) in [4.78, 5) is 0. The van der Waals surface area contributed by atoms with E-state index in [-0.39, 0.29) is 31.7 Å². The van der Waals surface area contributed by atoms with E-state index in [0.29, 0.717) is 0 Å². The quantitative estimate of drug-likeness (QED) is 0.0633. The Bertz CT molecular complexity index is 1970. The van der Waals surface area contributed by atoms with Crippen LogP contribution in [0, 0.1) is 0 Å². The van der Waals surface area contributed by atoms with Crippen LogP contribution in [0.25, 0.3) is 0 Å². The monoisotopic (exact) mass is 838 g/mol. The molecule has 8 aromatic rings. The lowest BCUT2D eigenvalue weighted by Crippen LogP contribution is -2.17. The summed E-state index contributed by atoms with van der Waals surface area (Å²) in [6.45, 7) is 0. The Morgan fingerprint density at radius 2 is 0.305 bits per heavy atom. The van der Waals surface area contributed by atoms with Crippen molar-refractivity contribution < 1.29 is 0 Å². The summed E-state index contributed by atoms with van der Waals surface area (Å²) in [5, 5.41) is 11.9. The fraction of sp³-hybridized carbons (Fsp3) is 0.127. The second-order valence-corrected chi connectivity index (χ2v) is 23.7. The van der Waals surface area contributed by atoms with Crippen LogP contribution in [-0.4, -0.2) is 24.6 Å². The van der Waals surface area contributed by atoms with Gasteiger partial charge in [-0.15, -0.1) is 0 Å². The first-order chi connectivity index (χ1) is 29.3. The van der Waals surface area contributed by atoms with Gasteiger partial charge < -0.3 is 0 Å². The fourth-order valence-electron chi connectivity index (χ4n) is 7.42. The zero-order valence-corrected chi connectivity index (χ0v) is 37.4. The van der Waals surface area contributed by atoms with E-state index >= 15 is 0 Å². The summed E-state index contributed by atoms with van der Waals surface area (Å²) in [6, 6.07) is 88.6.